The van der Waals surface area contributed by atoms with Crippen LogP contribution >= 0.6 is 0 Å². The van der Waals surface area contributed by atoms with Gasteiger partial charge in [-0.15, -0.1) is 0 Å². The molecule has 3 nitrogen and oxygen atoms in total. The summed E-state index contributed by atoms with van der Waals surface area (Å²) in [7, 11) is 0. The average Bonchev–Trinajstić information content (AvgIpc) is 2.07. The minimum absolute atomic E-state index is 1.19. The second kappa shape index (κ2) is 4.07. The number of nitrogens with zero attached hydrogens (tertiary/aromatic N) is 3. The van der Waals surface area contributed by atoms with Crippen LogP contribution < -0.4 is 4.35 Å². The van der Waals surface area contributed by atoms with E-state index in [1.807, 2.05) is 36.0 Å². The van der Waals surface area contributed by atoms with Crippen LogP contribution in [0.25, 0.3) is 10.4 Å². The van der Waals surface area contributed by atoms with Crippen LogP contribution in [0.1, 0.15) is 0 Å². The Morgan fingerprint density at radius 2 is 2.00 bits per heavy atom. The summed E-state index contributed by atoms with van der Waals surface area (Å²) in [6.07, 6.45) is 0. The van der Waals surface area contributed by atoms with Crippen molar-refractivity contribution >= 4 is 19.2 Å². The van der Waals surface area contributed by atoms with E-state index >= 15 is 0 Å². The summed E-state index contributed by atoms with van der Waals surface area (Å²) in [5.74, 6) is 0. The van der Waals surface area contributed by atoms with Gasteiger partial charge in [-0.2, -0.15) is 0 Å². The van der Waals surface area contributed by atoms with Crippen LogP contribution in [0.5, 0.6) is 0 Å². The van der Waals surface area contributed by atoms with Crippen molar-refractivity contribution in [3.05, 3.63) is 40.8 Å². The Bertz CT molecular complexity index is 266. The molecule has 0 amide bonds. The maximum atomic E-state index is 8.19. The van der Waals surface area contributed by atoms with E-state index in [9.17, 15) is 0 Å². The Labute approximate surface area is 70.2 Å². The van der Waals surface area contributed by atoms with Crippen molar-refractivity contribution in [2.45, 2.75) is 5.71 Å². The Balaban J connectivity index is 2.84. The molecular weight excluding hydrogens is 201 g/mol. The van der Waals surface area contributed by atoms with Gasteiger partial charge in [0.25, 0.3) is 0 Å². The van der Waals surface area contributed by atoms with Crippen LogP contribution in [-0.4, -0.2) is 14.9 Å². The molecule has 0 fully saturated rings. The quantitative estimate of drug-likeness (QED) is 0.309. The fraction of sp³-hybridized carbons (Fsp3) is 0.143. The number of rotatable bonds is 2. The molecule has 1 atom stereocenters. The van der Waals surface area contributed by atoms with E-state index in [0.717, 1.165) is 0 Å². The predicted octanol–water partition coefficient (Wildman–Crippen LogP) is 1.83. The van der Waals surface area contributed by atoms with E-state index in [1.165, 1.54) is 4.35 Å². The van der Waals surface area contributed by atoms with E-state index in [4.69, 9.17) is 5.53 Å². The van der Waals surface area contributed by atoms with E-state index < -0.39 is 14.9 Å². The van der Waals surface area contributed by atoms with E-state index in [2.05, 4.69) is 8.94 Å². The number of hydrogen-bond donors (Lipinski definition) is 0. The first kappa shape index (κ1) is 8.19. The summed E-state index contributed by atoms with van der Waals surface area (Å²) in [6.45, 7) is 0. The maximum absolute atomic E-state index is 8.19. The zero-order chi connectivity index (χ0) is 8.10. The van der Waals surface area contributed by atoms with Crippen molar-refractivity contribution in [3.63, 3.8) is 0 Å². The van der Waals surface area contributed by atoms with Crippen LogP contribution in [-0.2, 0) is 0 Å². The van der Waals surface area contributed by atoms with E-state index in [-0.39, 0.29) is 0 Å². The van der Waals surface area contributed by atoms with Crippen molar-refractivity contribution in [1.29, 1.82) is 0 Å². The van der Waals surface area contributed by atoms with Crippen LogP contribution in [0.2, 0.25) is 5.71 Å². The standard InChI is InChI=1S/C7H8AsN3/c1-8(10-11-9)7-5-3-2-4-6-7/h2-6H,1H3. The third-order valence-corrected chi connectivity index (χ3v) is 4.23. The van der Waals surface area contributed by atoms with Crippen molar-refractivity contribution in [2.24, 2.45) is 4.03 Å². The van der Waals surface area contributed by atoms with Crippen molar-refractivity contribution < 1.29 is 0 Å². The Morgan fingerprint density at radius 1 is 1.36 bits per heavy atom. The number of benzene rings is 1. The van der Waals surface area contributed by atoms with E-state index in [0.29, 0.717) is 0 Å². The third-order valence-electron chi connectivity index (χ3n) is 1.30. The van der Waals surface area contributed by atoms with Gasteiger partial charge in [-0.1, -0.05) is 0 Å². The van der Waals surface area contributed by atoms with Gasteiger partial charge in [-0.25, -0.2) is 0 Å². The Morgan fingerprint density at radius 3 is 2.55 bits per heavy atom. The first-order chi connectivity index (χ1) is 5.34. The van der Waals surface area contributed by atoms with Gasteiger partial charge in [0.15, 0.2) is 0 Å². The molecule has 1 unspecified atom stereocenters. The van der Waals surface area contributed by atoms with Gasteiger partial charge in [-0.05, 0) is 0 Å². The molecular formula is C7H8AsN3. The molecule has 0 aliphatic heterocycles. The molecule has 4 heteroatoms. The summed E-state index contributed by atoms with van der Waals surface area (Å²) >= 11 is -1.42. The van der Waals surface area contributed by atoms with Gasteiger partial charge < -0.3 is 0 Å². The Kier molecular flexibility index (Phi) is 3.03. The molecule has 1 aromatic carbocycles. The zero-order valence-electron chi connectivity index (χ0n) is 6.18. The normalized spacial score (nSPS) is 11.7. The molecule has 1 aromatic rings. The predicted molar refractivity (Wildman–Crippen MR) is 46.8 cm³/mol. The molecule has 1 rings (SSSR count). The fourth-order valence-electron chi connectivity index (χ4n) is 0.755. The summed E-state index contributed by atoms with van der Waals surface area (Å²) in [5.41, 5.74) is 10.2. The van der Waals surface area contributed by atoms with Crippen molar-refractivity contribution in [2.75, 3.05) is 0 Å². The molecule has 0 bridgehead atoms. The second-order valence-corrected chi connectivity index (χ2v) is 5.69. The summed E-state index contributed by atoms with van der Waals surface area (Å²) < 4.78 is 4.91. The van der Waals surface area contributed by atoms with Crippen molar-refractivity contribution in [3.8, 4) is 0 Å². The van der Waals surface area contributed by atoms with Crippen LogP contribution in [0.4, 0.5) is 0 Å². The topological polar surface area (TPSA) is 48.8 Å². The van der Waals surface area contributed by atoms with E-state index in [1.54, 1.807) is 0 Å². The SMILES string of the molecule is C[As](N=[N+]=[N-])c1ccccc1. The molecule has 0 N–H and O–H groups in total. The molecule has 0 aromatic heterocycles. The zero-order valence-corrected chi connectivity index (χ0v) is 8.05. The average molecular weight is 209 g/mol. The minimum atomic E-state index is -1.42. The van der Waals surface area contributed by atoms with Crippen LogP contribution in [0, 0.1) is 0 Å². The van der Waals surface area contributed by atoms with Gasteiger partial charge in [0.1, 0.15) is 0 Å². The Hall–Kier alpha value is -0.912. The molecule has 11 heavy (non-hydrogen) atoms. The number of azide groups is 1. The third kappa shape index (κ3) is 2.30. The first-order valence-corrected chi connectivity index (χ1v) is 6.84. The molecule has 0 saturated carbocycles. The monoisotopic (exact) mass is 209 g/mol. The van der Waals surface area contributed by atoms with Gasteiger partial charge in [-0.3, -0.25) is 0 Å². The van der Waals surface area contributed by atoms with Crippen LogP contribution in [0.3, 0.4) is 0 Å². The molecule has 0 heterocycles. The molecule has 0 radical (unpaired) electrons. The number of hydrogen-bond acceptors (Lipinski definition) is 1. The van der Waals surface area contributed by atoms with Crippen LogP contribution in [0.15, 0.2) is 34.4 Å². The van der Waals surface area contributed by atoms with Gasteiger partial charge in [0, 0.05) is 0 Å². The first-order valence-electron chi connectivity index (χ1n) is 3.18. The summed E-state index contributed by atoms with van der Waals surface area (Å²) in [4.78, 5) is 2.80. The molecule has 0 aliphatic rings. The molecule has 0 aliphatic carbocycles. The van der Waals surface area contributed by atoms with Crippen molar-refractivity contribution in [1.82, 2.24) is 0 Å². The van der Waals surface area contributed by atoms with Gasteiger partial charge >= 0.3 is 69.7 Å². The second-order valence-electron chi connectivity index (χ2n) is 2.04. The summed E-state index contributed by atoms with van der Waals surface area (Å²) in [5, 5.41) is 0. The molecule has 0 spiro atoms. The van der Waals surface area contributed by atoms with Gasteiger partial charge in [0.05, 0.1) is 0 Å². The summed E-state index contributed by atoms with van der Waals surface area (Å²) in [6, 6.07) is 9.91. The fourth-order valence-corrected chi connectivity index (χ4v) is 2.49. The molecule has 56 valence electrons. The van der Waals surface area contributed by atoms with Gasteiger partial charge in [0.2, 0.25) is 0 Å². The molecule has 0 saturated heterocycles.